The van der Waals surface area contributed by atoms with Gasteiger partial charge in [-0.1, -0.05) is 70.5 Å². The Morgan fingerprint density at radius 1 is 0.872 bits per heavy atom. The minimum absolute atomic E-state index is 0.120. The maximum atomic E-state index is 14.1. The molecule has 0 spiro atoms. The monoisotopic (exact) mass is 677 g/mol. The van der Waals surface area contributed by atoms with Crippen molar-refractivity contribution in [1.82, 2.24) is 10.2 Å². The molecule has 1 atom stereocenters. The lowest BCUT2D eigenvalue weighted by molar-refractivity contribution is -0.140. The van der Waals surface area contributed by atoms with Gasteiger partial charge in [-0.25, -0.2) is 8.42 Å². The minimum Gasteiger partial charge on any atom is -0.350 e. The molecule has 3 aromatic rings. The molecule has 10 heteroatoms. The lowest BCUT2D eigenvalue weighted by Gasteiger charge is -2.35. The number of nitrogens with zero attached hydrogens (tertiary/aromatic N) is 2. The molecule has 0 heterocycles. The van der Waals surface area contributed by atoms with E-state index < -0.39 is 34.1 Å². The van der Waals surface area contributed by atoms with Crippen LogP contribution >= 0.6 is 31.9 Å². The Morgan fingerprint density at radius 3 is 2.03 bits per heavy atom. The minimum atomic E-state index is -3.83. The fraction of sp³-hybridized carbons (Fsp3) is 0.310. The van der Waals surface area contributed by atoms with Crippen molar-refractivity contribution in [1.29, 1.82) is 0 Å². The number of carbonyl (C=O) groups excluding carboxylic acids is 2. The fourth-order valence-corrected chi connectivity index (χ4v) is 5.78. The van der Waals surface area contributed by atoms with Crippen LogP contribution in [0.4, 0.5) is 5.69 Å². The molecular weight excluding hydrogens is 646 g/mol. The zero-order chi connectivity index (χ0) is 28.8. The van der Waals surface area contributed by atoms with Gasteiger partial charge in [-0.3, -0.25) is 13.9 Å². The van der Waals surface area contributed by atoms with E-state index in [9.17, 15) is 18.0 Å². The molecule has 0 fully saturated rings. The van der Waals surface area contributed by atoms with Crippen LogP contribution < -0.4 is 9.62 Å². The molecule has 0 saturated heterocycles. The van der Waals surface area contributed by atoms with Crippen molar-refractivity contribution >= 4 is 59.4 Å². The predicted molar refractivity (Wildman–Crippen MR) is 163 cm³/mol. The first-order valence-electron chi connectivity index (χ1n) is 12.4. The van der Waals surface area contributed by atoms with Crippen molar-refractivity contribution in [3.63, 3.8) is 0 Å². The first-order valence-corrected chi connectivity index (χ1v) is 15.8. The SMILES string of the molecule is CC(C)(C)NC(=O)[C@H](Cc1ccccc1)N(Cc1ccc(Br)cc1)C(=O)CN(c1ccccc1Br)S(C)(=O)=O. The Kier molecular flexibility index (Phi) is 10.4. The van der Waals surface area contributed by atoms with Crippen LogP contribution in [0.15, 0.2) is 87.8 Å². The van der Waals surface area contributed by atoms with E-state index in [1.165, 1.54) is 4.90 Å². The standard InChI is InChI=1S/C29H33Br2N3O4S/c1-29(2,3)32-28(36)26(18-21-10-6-5-7-11-21)33(19-22-14-16-23(30)17-15-22)27(35)20-34(39(4,37)38)25-13-9-8-12-24(25)31/h5-17,26H,18-20H2,1-4H3,(H,32,36)/t26-/m0/s1. The summed E-state index contributed by atoms with van der Waals surface area (Å²) in [6.07, 6.45) is 1.32. The third-order valence-electron chi connectivity index (χ3n) is 5.84. The van der Waals surface area contributed by atoms with Crippen LogP contribution in [0.3, 0.4) is 0 Å². The highest BCUT2D eigenvalue weighted by Gasteiger charge is 2.34. The van der Waals surface area contributed by atoms with Crippen molar-refractivity contribution in [2.24, 2.45) is 0 Å². The topological polar surface area (TPSA) is 86.8 Å². The number of sulfonamides is 1. The van der Waals surface area contributed by atoms with Crippen molar-refractivity contribution in [3.8, 4) is 0 Å². The smallest absolute Gasteiger partial charge is 0.244 e. The Bertz CT molecular complexity index is 1390. The van der Waals surface area contributed by atoms with Gasteiger partial charge in [0, 0.05) is 27.4 Å². The van der Waals surface area contributed by atoms with Gasteiger partial charge in [0.2, 0.25) is 21.8 Å². The van der Waals surface area contributed by atoms with Gasteiger partial charge in [-0.2, -0.15) is 0 Å². The summed E-state index contributed by atoms with van der Waals surface area (Å²) in [7, 11) is -3.83. The largest absolute Gasteiger partial charge is 0.350 e. The number of halogens is 2. The number of nitrogens with one attached hydrogen (secondary N) is 1. The highest BCUT2D eigenvalue weighted by Crippen LogP contribution is 2.28. The molecule has 0 aromatic heterocycles. The average Bonchev–Trinajstić information content (AvgIpc) is 2.85. The second-order valence-electron chi connectivity index (χ2n) is 10.3. The lowest BCUT2D eigenvalue weighted by atomic mass is 10.0. The number of anilines is 1. The molecule has 0 radical (unpaired) electrons. The molecule has 39 heavy (non-hydrogen) atoms. The molecule has 0 saturated carbocycles. The first kappa shape index (κ1) is 30.8. The lowest BCUT2D eigenvalue weighted by Crippen LogP contribution is -2.56. The predicted octanol–water partition coefficient (Wildman–Crippen LogP) is 5.53. The van der Waals surface area contributed by atoms with Gasteiger partial charge in [0.15, 0.2) is 0 Å². The van der Waals surface area contributed by atoms with Gasteiger partial charge in [-0.15, -0.1) is 0 Å². The van der Waals surface area contributed by atoms with E-state index >= 15 is 0 Å². The molecule has 0 unspecified atom stereocenters. The zero-order valence-electron chi connectivity index (χ0n) is 22.4. The van der Waals surface area contributed by atoms with Gasteiger partial charge < -0.3 is 10.2 Å². The normalized spacial score (nSPS) is 12.5. The summed E-state index contributed by atoms with van der Waals surface area (Å²) in [6.45, 7) is 5.29. The van der Waals surface area contributed by atoms with Crippen molar-refractivity contribution in [2.75, 3.05) is 17.1 Å². The highest BCUT2D eigenvalue weighted by atomic mass is 79.9. The summed E-state index contributed by atoms with van der Waals surface area (Å²) in [6, 6.07) is 22.9. The van der Waals surface area contributed by atoms with Crippen LogP contribution in [0.2, 0.25) is 0 Å². The van der Waals surface area contributed by atoms with E-state index in [0.29, 0.717) is 10.2 Å². The average molecular weight is 679 g/mol. The van der Waals surface area contributed by atoms with Gasteiger partial charge in [0.05, 0.1) is 11.9 Å². The summed E-state index contributed by atoms with van der Waals surface area (Å²) < 4.78 is 28.2. The molecule has 0 aliphatic carbocycles. The molecule has 2 amide bonds. The molecule has 0 aliphatic rings. The highest BCUT2D eigenvalue weighted by molar-refractivity contribution is 9.10. The van der Waals surface area contributed by atoms with Crippen molar-refractivity contribution in [3.05, 3.63) is 98.9 Å². The molecule has 3 aromatic carbocycles. The van der Waals surface area contributed by atoms with Gasteiger partial charge in [-0.05, 0) is 72.1 Å². The molecule has 0 aliphatic heterocycles. The number of hydrogen-bond acceptors (Lipinski definition) is 4. The molecule has 1 N–H and O–H groups in total. The van der Waals surface area contributed by atoms with Crippen LogP contribution in [-0.2, 0) is 32.6 Å². The summed E-state index contributed by atoms with van der Waals surface area (Å²) >= 11 is 6.84. The molecule has 3 rings (SSSR count). The number of amides is 2. The van der Waals surface area contributed by atoms with E-state index in [1.54, 1.807) is 24.3 Å². The van der Waals surface area contributed by atoms with Crippen molar-refractivity contribution in [2.45, 2.75) is 45.3 Å². The third kappa shape index (κ3) is 9.19. The summed E-state index contributed by atoms with van der Waals surface area (Å²) in [5, 5.41) is 3.01. The fourth-order valence-electron chi connectivity index (χ4n) is 4.04. The Balaban J connectivity index is 2.08. The van der Waals surface area contributed by atoms with E-state index in [4.69, 9.17) is 0 Å². The number of carbonyl (C=O) groups is 2. The van der Waals surface area contributed by atoms with Gasteiger partial charge in [0.25, 0.3) is 0 Å². The maximum Gasteiger partial charge on any atom is 0.244 e. The zero-order valence-corrected chi connectivity index (χ0v) is 26.4. The molecule has 0 bridgehead atoms. The number of para-hydroxylation sites is 1. The molecule has 7 nitrogen and oxygen atoms in total. The third-order valence-corrected chi connectivity index (χ3v) is 8.16. The van der Waals surface area contributed by atoms with E-state index in [-0.39, 0.29) is 18.9 Å². The number of rotatable bonds is 10. The van der Waals surface area contributed by atoms with Crippen LogP contribution in [-0.4, -0.2) is 49.5 Å². The van der Waals surface area contributed by atoms with Crippen molar-refractivity contribution < 1.29 is 18.0 Å². The van der Waals surface area contributed by atoms with E-state index in [1.807, 2.05) is 75.4 Å². The molecular formula is C29H33Br2N3O4S. The summed E-state index contributed by atoms with van der Waals surface area (Å²) in [5.41, 5.74) is 1.49. The Labute approximate surface area is 247 Å². The van der Waals surface area contributed by atoms with Crippen LogP contribution in [0.5, 0.6) is 0 Å². The second-order valence-corrected chi connectivity index (χ2v) is 14.0. The summed E-state index contributed by atoms with van der Waals surface area (Å²) in [5.74, 6) is -0.812. The van der Waals surface area contributed by atoms with Crippen LogP contribution in [0, 0.1) is 0 Å². The number of hydrogen-bond donors (Lipinski definition) is 1. The summed E-state index contributed by atoms with van der Waals surface area (Å²) in [4.78, 5) is 29.3. The van der Waals surface area contributed by atoms with Crippen LogP contribution in [0.25, 0.3) is 0 Å². The Hall–Kier alpha value is -2.69. The van der Waals surface area contributed by atoms with E-state index in [2.05, 4.69) is 37.2 Å². The van der Waals surface area contributed by atoms with Gasteiger partial charge in [0.1, 0.15) is 12.6 Å². The first-order chi connectivity index (χ1) is 18.2. The maximum absolute atomic E-state index is 14.1. The Morgan fingerprint density at radius 2 is 1.46 bits per heavy atom. The quantitative estimate of drug-likeness (QED) is 0.306. The van der Waals surface area contributed by atoms with Crippen LogP contribution in [0.1, 0.15) is 31.9 Å². The number of benzene rings is 3. The second kappa shape index (κ2) is 13.1. The molecule has 208 valence electrons. The van der Waals surface area contributed by atoms with Gasteiger partial charge >= 0.3 is 0 Å². The van der Waals surface area contributed by atoms with E-state index in [0.717, 1.165) is 26.2 Å².